The van der Waals surface area contributed by atoms with Crippen LogP contribution in [0.3, 0.4) is 0 Å². The molecule has 3 heteroatoms. The molecule has 0 bridgehead atoms. The van der Waals surface area contributed by atoms with E-state index in [0.29, 0.717) is 6.04 Å². The van der Waals surface area contributed by atoms with Crippen LogP contribution in [0.25, 0.3) is 0 Å². The normalized spacial score (nSPS) is 24.3. The van der Waals surface area contributed by atoms with Crippen LogP contribution in [0.5, 0.6) is 0 Å². The van der Waals surface area contributed by atoms with Gasteiger partial charge in [-0.2, -0.15) is 0 Å². The lowest BCUT2D eigenvalue weighted by Gasteiger charge is -2.41. The van der Waals surface area contributed by atoms with Crippen molar-refractivity contribution in [1.29, 1.82) is 0 Å². The Balaban J connectivity index is 2.13. The predicted molar refractivity (Wildman–Crippen MR) is 90.8 cm³/mol. The molecule has 0 unspecified atom stereocenters. The van der Waals surface area contributed by atoms with Gasteiger partial charge >= 0.3 is 0 Å². The number of allylic oxidation sites excluding steroid dienone is 4. The van der Waals surface area contributed by atoms with E-state index in [4.69, 9.17) is 0 Å². The molecule has 1 aliphatic carbocycles. The van der Waals surface area contributed by atoms with Crippen molar-refractivity contribution in [3.8, 4) is 0 Å². The molecule has 0 amide bonds. The third-order valence-corrected chi connectivity index (χ3v) is 4.58. The molecule has 2 aliphatic rings. The van der Waals surface area contributed by atoms with Gasteiger partial charge in [-0.1, -0.05) is 47.1 Å². The molecule has 1 aliphatic heterocycles. The molecule has 1 nitrogen and oxygen atoms in total. The molecule has 0 N–H and O–H groups in total. The van der Waals surface area contributed by atoms with Crippen molar-refractivity contribution >= 4 is 29.9 Å². The van der Waals surface area contributed by atoms with Crippen LogP contribution in [-0.2, 0) is 0 Å². The SMILES string of the molecule is C[C@@H](CCI)N(C1=CC=CCC1)[C@H]1CBC=CC1. The highest BCUT2D eigenvalue weighted by atomic mass is 127. The second-order valence-electron chi connectivity index (χ2n) is 5.30. The van der Waals surface area contributed by atoms with Gasteiger partial charge in [0.15, 0.2) is 0 Å². The minimum absolute atomic E-state index is 0.677. The van der Waals surface area contributed by atoms with Crippen molar-refractivity contribution in [1.82, 2.24) is 4.90 Å². The van der Waals surface area contributed by atoms with Gasteiger partial charge in [0.05, 0.1) is 0 Å². The highest BCUT2D eigenvalue weighted by molar-refractivity contribution is 14.1. The van der Waals surface area contributed by atoms with Gasteiger partial charge in [-0.3, -0.25) is 0 Å². The maximum Gasteiger partial charge on any atom is 0.149 e. The van der Waals surface area contributed by atoms with Gasteiger partial charge < -0.3 is 4.90 Å². The van der Waals surface area contributed by atoms with Gasteiger partial charge in [0.25, 0.3) is 0 Å². The number of hydrogen-bond acceptors (Lipinski definition) is 1. The Bertz CT molecular complexity index is 348. The van der Waals surface area contributed by atoms with Gasteiger partial charge in [0.2, 0.25) is 0 Å². The Kier molecular flexibility index (Phi) is 5.86. The summed E-state index contributed by atoms with van der Waals surface area (Å²) in [5, 5.41) is 0. The first-order valence-corrected chi connectivity index (χ1v) is 8.70. The van der Waals surface area contributed by atoms with Crippen molar-refractivity contribution in [2.24, 2.45) is 0 Å². The molecule has 1 heterocycles. The van der Waals surface area contributed by atoms with E-state index in [0.717, 1.165) is 6.04 Å². The fourth-order valence-electron chi connectivity index (χ4n) is 3.01. The van der Waals surface area contributed by atoms with Crippen LogP contribution in [0, 0.1) is 0 Å². The summed E-state index contributed by atoms with van der Waals surface area (Å²) in [6, 6.07) is 1.40. The van der Waals surface area contributed by atoms with Gasteiger partial charge in [-0.05, 0) is 38.7 Å². The van der Waals surface area contributed by atoms with E-state index in [9.17, 15) is 0 Å². The standard InChI is InChI=1S/C15H23BIN/c1-13(9-11-17)18(14-6-3-2-4-7-14)15-8-5-10-16-12-15/h2-3,5-6,10,13,15-16H,4,7-9,11-12H2,1H3/t13-,15+/m0/s1. The smallest absolute Gasteiger partial charge is 0.149 e. The Morgan fingerprint density at radius 1 is 1.50 bits per heavy atom. The fourth-order valence-corrected chi connectivity index (χ4v) is 3.91. The lowest BCUT2D eigenvalue weighted by molar-refractivity contribution is 0.195. The average Bonchev–Trinajstić information content (AvgIpc) is 2.42. The third kappa shape index (κ3) is 3.66. The zero-order chi connectivity index (χ0) is 12.8. The Hall–Kier alpha value is -0.185. The molecule has 2 rings (SSSR count). The first kappa shape index (κ1) is 14.2. The molecule has 0 aromatic carbocycles. The summed E-state index contributed by atoms with van der Waals surface area (Å²) in [5.41, 5.74) is 1.56. The van der Waals surface area contributed by atoms with E-state index in [2.05, 4.69) is 64.7 Å². The van der Waals surface area contributed by atoms with Crippen molar-refractivity contribution in [3.05, 3.63) is 36.0 Å². The molecule has 0 aromatic rings. The number of alkyl halides is 1. The van der Waals surface area contributed by atoms with Gasteiger partial charge in [0, 0.05) is 22.2 Å². The van der Waals surface area contributed by atoms with Crippen molar-refractivity contribution in [3.63, 3.8) is 0 Å². The minimum atomic E-state index is 0.677. The monoisotopic (exact) mass is 355 g/mol. The maximum atomic E-state index is 2.73. The molecular weight excluding hydrogens is 332 g/mol. The molecule has 0 fully saturated rings. The third-order valence-electron chi connectivity index (χ3n) is 3.96. The second kappa shape index (κ2) is 7.42. The molecule has 0 saturated carbocycles. The molecule has 18 heavy (non-hydrogen) atoms. The summed E-state index contributed by atoms with van der Waals surface area (Å²) >= 11 is 2.50. The summed E-state index contributed by atoms with van der Waals surface area (Å²) in [6.07, 6.45) is 15.5. The zero-order valence-corrected chi connectivity index (χ0v) is 13.5. The van der Waals surface area contributed by atoms with Crippen LogP contribution in [0.15, 0.2) is 36.0 Å². The Morgan fingerprint density at radius 2 is 2.39 bits per heavy atom. The Labute approximate surface area is 126 Å². The van der Waals surface area contributed by atoms with Gasteiger partial charge in [-0.15, -0.1) is 5.98 Å². The topological polar surface area (TPSA) is 3.24 Å². The van der Waals surface area contributed by atoms with Crippen molar-refractivity contribution in [2.45, 2.75) is 51.0 Å². The summed E-state index contributed by atoms with van der Waals surface area (Å²) in [6.45, 7) is 2.40. The summed E-state index contributed by atoms with van der Waals surface area (Å²) in [5.74, 6) is 2.34. The summed E-state index contributed by atoms with van der Waals surface area (Å²) in [4.78, 5) is 2.73. The maximum absolute atomic E-state index is 2.73. The first-order valence-electron chi connectivity index (χ1n) is 7.18. The Morgan fingerprint density at radius 3 is 3.00 bits per heavy atom. The summed E-state index contributed by atoms with van der Waals surface area (Å²) < 4.78 is 1.25. The highest BCUT2D eigenvalue weighted by Crippen LogP contribution is 2.28. The van der Waals surface area contributed by atoms with E-state index in [1.807, 2.05) is 0 Å². The van der Waals surface area contributed by atoms with Crippen LogP contribution in [-0.4, -0.2) is 28.7 Å². The van der Waals surface area contributed by atoms with Crippen LogP contribution in [0.2, 0.25) is 6.32 Å². The molecule has 0 aromatic heterocycles. The largest absolute Gasteiger partial charge is 0.369 e. The van der Waals surface area contributed by atoms with E-state index in [1.54, 1.807) is 5.70 Å². The molecular formula is C15H23BIN. The fraction of sp³-hybridized carbons (Fsp3) is 0.600. The number of hydrogen-bond donors (Lipinski definition) is 0. The van der Waals surface area contributed by atoms with Crippen LogP contribution in [0.1, 0.15) is 32.6 Å². The first-order chi connectivity index (χ1) is 8.83. The van der Waals surface area contributed by atoms with E-state index >= 15 is 0 Å². The van der Waals surface area contributed by atoms with E-state index in [-0.39, 0.29) is 0 Å². The average molecular weight is 355 g/mol. The number of nitrogens with zero attached hydrogens (tertiary/aromatic N) is 1. The van der Waals surface area contributed by atoms with E-state index < -0.39 is 0 Å². The van der Waals surface area contributed by atoms with Gasteiger partial charge in [-0.25, -0.2) is 0 Å². The second-order valence-corrected chi connectivity index (χ2v) is 6.38. The minimum Gasteiger partial charge on any atom is -0.369 e. The quantitative estimate of drug-likeness (QED) is 0.411. The van der Waals surface area contributed by atoms with Crippen LogP contribution >= 0.6 is 22.6 Å². The van der Waals surface area contributed by atoms with Crippen molar-refractivity contribution < 1.29 is 0 Å². The lowest BCUT2D eigenvalue weighted by atomic mass is 9.67. The van der Waals surface area contributed by atoms with Crippen molar-refractivity contribution in [2.75, 3.05) is 4.43 Å². The lowest BCUT2D eigenvalue weighted by Crippen LogP contribution is -2.42. The molecule has 0 saturated heterocycles. The molecule has 0 radical (unpaired) electrons. The molecule has 98 valence electrons. The van der Waals surface area contributed by atoms with E-state index in [1.165, 1.54) is 43.7 Å². The number of rotatable bonds is 5. The molecule has 0 spiro atoms. The van der Waals surface area contributed by atoms with Crippen LogP contribution < -0.4 is 0 Å². The van der Waals surface area contributed by atoms with Crippen LogP contribution in [0.4, 0.5) is 0 Å². The molecule has 2 atom stereocenters. The number of halogens is 1. The summed E-state index contributed by atoms with van der Waals surface area (Å²) in [7, 11) is 1.25. The predicted octanol–water partition coefficient (Wildman–Crippen LogP) is 3.88. The zero-order valence-electron chi connectivity index (χ0n) is 11.3. The highest BCUT2D eigenvalue weighted by Gasteiger charge is 2.25. The van der Waals surface area contributed by atoms with Gasteiger partial charge in [0.1, 0.15) is 7.28 Å².